The molecule has 0 atom stereocenters. The second-order valence-electron chi connectivity index (χ2n) is 4.39. The Bertz CT molecular complexity index is 263. The maximum absolute atomic E-state index is 4.32. The van der Waals surface area contributed by atoms with Crippen molar-refractivity contribution < 1.29 is 0 Å². The minimum Gasteiger partial charge on any atom is -0.308 e. The fourth-order valence-corrected chi connectivity index (χ4v) is 2.24. The molecule has 1 aromatic heterocycles. The molecule has 1 heterocycles. The Balaban J connectivity index is 1.77. The SMILES string of the molecule is c1ccc(CNC2CCCCCC2)nc1. The molecule has 2 nitrogen and oxygen atoms in total. The monoisotopic (exact) mass is 204 g/mol. The van der Waals surface area contributed by atoms with Crippen LogP contribution in [0.4, 0.5) is 0 Å². The molecule has 0 unspecified atom stereocenters. The molecule has 82 valence electrons. The lowest BCUT2D eigenvalue weighted by molar-refractivity contribution is 0.456. The summed E-state index contributed by atoms with van der Waals surface area (Å²) in [6.45, 7) is 0.922. The molecule has 0 aliphatic heterocycles. The topological polar surface area (TPSA) is 24.9 Å². The summed E-state index contributed by atoms with van der Waals surface area (Å²) in [5.41, 5.74) is 1.15. The fourth-order valence-electron chi connectivity index (χ4n) is 2.24. The second kappa shape index (κ2) is 5.86. The minimum atomic E-state index is 0.717. The molecular formula is C13H20N2. The first kappa shape index (κ1) is 10.6. The van der Waals surface area contributed by atoms with Crippen molar-refractivity contribution in [3.8, 4) is 0 Å². The van der Waals surface area contributed by atoms with Crippen molar-refractivity contribution in [2.45, 2.75) is 51.1 Å². The predicted molar refractivity (Wildman–Crippen MR) is 62.6 cm³/mol. The number of pyridine rings is 1. The maximum atomic E-state index is 4.32. The summed E-state index contributed by atoms with van der Waals surface area (Å²) < 4.78 is 0. The molecule has 2 heteroatoms. The smallest absolute Gasteiger partial charge is 0.0541 e. The van der Waals surface area contributed by atoms with E-state index in [9.17, 15) is 0 Å². The number of nitrogens with zero attached hydrogens (tertiary/aromatic N) is 1. The molecule has 1 aliphatic rings. The highest BCUT2D eigenvalue weighted by Crippen LogP contribution is 2.17. The number of nitrogens with one attached hydrogen (secondary N) is 1. The molecule has 0 bridgehead atoms. The highest BCUT2D eigenvalue weighted by atomic mass is 14.9. The van der Waals surface area contributed by atoms with E-state index in [-0.39, 0.29) is 0 Å². The Hall–Kier alpha value is -0.890. The predicted octanol–water partition coefficient (Wildman–Crippen LogP) is 2.89. The van der Waals surface area contributed by atoms with Crippen LogP contribution in [0.5, 0.6) is 0 Å². The van der Waals surface area contributed by atoms with Crippen LogP contribution in [0.25, 0.3) is 0 Å². The molecule has 1 aromatic rings. The van der Waals surface area contributed by atoms with E-state index in [4.69, 9.17) is 0 Å². The Labute approximate surface area is 92.1 Å². The molecule has 1 saturated carbocycles. The first-order chi connectivity index (χ1) is 7.45. The summed E-state index contributed by atoms with van der Waals surface area (Å²) in [6.07, 6.45) is 10.2. The van der Waals surface area contributed by atoms with E-state index in [0.717, 1.165) is 18.3 Å². The summed E-state index contributed by atoms with van der Waals surface area (Å²) in [7, 11) is 0. The van der Waals surface area contributed by atoms with E-state index in [1.807, 2.05) is 12.3 Å². The third-order valence-corrected chi connectivity index (χ3v) is 3.15. The number of hydrogen-bond donors (Lipinski definition) is 1. The van der Waals surface area contributed by atoms with Gasteiger partial charge in [-0.15, -0.1) is 0 Å². The molecule has 0 radical (unpaired) electrons. The van der Waals surface area contributed by atoms with Gasteiger partial charge in [0.05, 0.1) is 5.69 Å². The van der Waals surface area contributed by atoms with Crippen LogP contribution in [0.3, 0.4) is 0 Å². The number of hydrogen-bond acceptors (Lipinski definition) is 2. The first-order valence-corrected chi connectivity index (χ1v) is 6.08. The lowest BCUT2D eigenvalue weighted by atomic mass is 10.1. The number of rotatable bonds is 3. The zero-order valence-electron chi connectivity index (χ0n) is 9.28. The number of aromatic nitrogens is 1. The molecule has 0 aromatic carbocycles. The average molecular weight is 204 g/mol. The van der Waals surface area contributed by atoms with Crippen LogP contribution in [-0.4, -0.2) is 11.0 Å². The Morgan fingerprint density at radius 2 is 1.93 bits per heavy atom. The molecule has 15 heavy (non-hydrogen) atoms. The van der Waals surface area contributed by atoms with Crippen LogP contribution in [0.15, 0.2) is 24.4 Å². The van der Waals surface area contributed by atoms with Gasteiger partial charge in [-0.1, -0.05) is 31.7 Å². The van der Waals surface area contributed by atoms with Gasteiger partial charge in [-0.3, -0.25) is 4.98 Å². The van der Waals surface area contributed by atoms with Gasteiger partial charge in [0, 0.05) is 18.8 Å². The van der Waals surface area contributed by atoms with Crippen molar-refractivity contribution in [2.24, 2.45) is 0 Å². The van der Waals surface area contributed by atoms with Gasteiger partial charge in [0.25, 0.3) is 0 Å². The van der Waals surface area contributed by atoms with Crippen LogP contribution in [0, 0.1) is 0 Å². The normalized spacial score (nSPS) is 18.7. The van der Waals surface area contributed by atoms with Gasteiger partial charge in [-0.2, -0.15) is 0 Å². The quantitative estimate of drug-likeness (QED) is 0.766. The van der Waals surface area contributed by atoms with Gasteiger partial charge in [0.1, 0.15) is 0 Å². The van der Waals surface area contributed by atoms with E-state index in [0.29, 0.717) is 0 Å². The zero-order valence-corrected chi connectivity index (χ0v) is 9.28. The van der Waals surface area contributed by atoms with Crippen molar-refractivity contribution in [3.63, 3.8) is 0 Å². The summed E-state index contributed by atoms with van der Waals surface area (Å²) in [6, 6.07) is 6.82. The highest BCUT2D eigenvalue weighted by molar-refractivity contribution is 5.03. The zero-order chi connectivity index (χ0) is 10.3. The molecule has 1 aliphatic carbocycles. The molecular weight excluding hydrogens is 184 g/mol. The maximum Gasteiger partial charge on any atom is 0.0541 e. The van der Waals surface area contributed by atoms with Crippen LogP contribution in [0.1, 0.15) is 44.2 Å². The van der Waals surface area contributed by atoms with Gasteiger partial charge in [-0.25, -0.2) is 0 Å². The van der Waals surface area contributed by atoms with E-state index in [1.165, 1.54) is 38.5 Å². The first-order valence-electron chi connectivity index (χ1n) is 6.08. The van der Waals surface area contributed by atoms with Gasteiger partial charge in [0.15, 0.2) is 0 Å². The summed E-state index contributed by atoms with van der Waals surface area (Å²) in [5, 5.41) is 3.62. The van der Waals surface area contributed by atoms with Crippen molar-refractivity contribution in [3.05, 3.63) is 30.1 Å². The standard InChI is InChI=1S/C13H20N2/c1-2-4-8-12(7-3-1)15-11-13-9-5-6-10-14-13/h5-6,9-10,12,15H,1-4,7-8,11H2. The van der Waals surface area contributed by atoms with Gasteiger partial charge < -0.3 is 5.32 Å². The highest BCUT2D eigenvalue weighted by Gasteiger charge is 2.11. The largest absolute Gasteiger partial charge is 0.308 e. The Kier molecular flexibility index (Phi) is 4.15. The van der Waals surface area contributed by atoms with Gasteiger partial charge >= 0.3 is 0 Å². The molecule has 1 fully saturated rings. The Morgan fingerprint density at radius 1 is 1.13 bits per heavy atom. The second-order valence-corrected chi connectivity index (χ2v) is 4.39. The van der Waals surface area contributed by atoms with Crippen LogP contribution >= 0.6 is 0 Å². The lowest BCUT2D eigenvalue weighted by Crippen LogP contribution is -2.28. The van der Waals surface area contributed by atoms with Crippen LogP contribution in [-0.2, 0) is 6.54 Å². The minimum absolute atomic E-state index is 0.717. The third kappa shape index (κ3) is 3.63. The fraction of sp³-hybridized carbons (Fsp3) is 0.615. The summed E-state index contributed by atoms with van der Waals surface area (Å²) in [4.78, 5) is 4.32. The third-order valence-electron chi connectivity index (χ3n) is 3.15. The molecule has 0 saturated heterocycles. The van der Waals surface area contributed by atoms with E-state index < -0.39 is 0 Å². The molecule has 2 rings (SSSR count). The lowest BCUT2D eigenvalue weighted by Gasteiger charge is -2.15. The van der Waals surface area contributed by atoms with Crippen LogP contribution < -0.4 is 5.32 Å². The van der Waals surface area contributed by atoms with Crippen LogP contribution in [0.2, 0.25) is 0 Å². The van der Waals surface area contributed by atoms with Gasteiger partial charge in [-0.05, 0) is 25.0 Å². The van der Waals surface area contributed by atoms with E-state index >= 15 is 0 Å². The van der Waals surface area contributed by atoms with Crippen molar-refractivity contribution in [1.29, 1.82) is 0 Å². The summed E-state index contributed by atoms with van der Waals surface area (Å²) >= 11 is 0. The molecule has 1 N–H and O–H groups in total. The van der Waals surface area contributed by atoms with E-state index in [2.05, 4.69) is 22.4 Å². The Morgan fingerprint density at radius 3 is 2.60 bits per heavy atom. The van der Waals surface area contributed by atoms with E-state index in [1.54, 1.807) is 0 Å². The summed E-state index contributed by atoms with van der Waals surface area (Å²) in [5.74, 6) is 0. The average Bonchev–Trinajstić information content (AvgIpc) is 2.56. The van der Waals surface area contributed by atoms with Gasteiger partial charge in [0.2, 0.25) is 0 Å². The molecule has 0 amide bonds. The molecule has 0 spiro atoms. The van der Waals surface area contributed by atoms with Crippen molar-refractivity contribution >= 4 is 0 Å². The van der Waals surface area contributed by atoms with Crippen molar-refractivity contribution in [1.82, 2.24) is 10.3 Å². The van der Waals surface area contributed by atoms with Crippen molar-refractivity contribution in [2.75, 3.05) is 0 Å².